The van der Waals surface area contributed by atoms with Crippen molar-refractivity contribution in [2.24, 2.45) is 0 Å². The van der Waals surface area contributed by atoms with Gasteiger partial charge in [0.1, 0.15) is 36.6 Å². The second kappa shape index (κ2) is 35.5. The van der Waals surface area contributed by atoms with E-state index in [1.165, 1.54) is 103 Å². The van der Waals surface area contributed by atoms with Crippen LogP contribution in [0.4, 0.5) is 0 Å². The number of carbonyl (C=O) groups is 1. The van der Waals surface area contributed by atoms with Gasteiger partial charge in [0.15, 0.2) is 6.29 Å². The van der Waals surface area contributed by atoms with Crippen LogP contribution in [0.5, 0.6) is 0 Å². The third-order valence-corrected chi connectivity index (χ3v) is 11.0. The molecule has 330 valence electrons. The number of carbonyl (C=O) groups excluding carboxylic acids is 1. The van der Waals surface area contributed by atoms with E-state index in [1.807, 2.05) is 6.08 Å². The van der Waals surface area contributed by atoms with Crippen molar-refractivity contribution in [2.75, 3.05) is 13.2 Å². The fraction of sp³-hybridized carbons (Fsp3) is 0.889. The van der Waals surface area contributed by atoms with Gasteiger partial charge in [-0.2, -0.15) is 0 Å². The van der Waals surface area contributed by atoms with Crippen LogP contribution in [0.15, 0.2) is 24.3 Å². The lowest BCUT2D eigenvalue weighted by Crippen LogP contribution is -2.60. The van der Waals surface area contributed by atoms with Gasteiger partial charge in [-0.3, -0.25) is 4.79 Å². The molecule has 0 radical (unpaired) electrons. The van der Waals surface area contributed by atoms with Crippen molar-refractivity contribution in [3.63, 3.8) is 0 Å². The molecule has 1 amide bonds. The van der Waals surface area contributed by atoms with E-state index >= 15 is 0 Å². The zero-order valence-electron chi connectivity index (χ0n) is 35.4. The van der Waals surface area contributed by atoms with Gasteiger partial charge in [-0.25, -0.2) is 0 Å². The molecule has 0 aromatic carbocycles. The second-order valence-electron chi connectivity index (χ2n) is 16.1. The van der Waals surface area contributed by atoms with Crippen molar-refractivity contribution < 1.29 is 50.0 Å². The Kier molecular flexibility index (Phi) is 33.4. The highest BCUT2D eigenvalue weighted by atomic mass is 16.7. The van der Waals surface area contributed by atoms with Gasteiger partial charge in [-0.15, -0.1) is 0 Å². The molecule has 1 saturated heterocycles. The van der Waals surface area contributed by atoms with Crippen LogP contribution in [0.1, 0.15) is 187 Å². The summed E-state index contributed by atoms with van der Waals surface area (Å²) < 4.78 is 11.0. The topological polar surface area (TPSA) is 189 Å². The first-order chi connectivity index (χ1) is 27.2. The molecule has 8 N–H and O–H groups in total. The van der Waals surface area contributed by atoms with E-state index in [0.717, 1.165) is 44.9 Å². The maximum absolute atomic E-state index is 13.0. The molecule has 0 aromatic heterocycles. The molecule has 0 saturated carbocycles. The minimum atomic E-state index is -1.66. The molecule has 1 aliphatic rings. The molecule has 11 nitrogen and oxygen atoms in total. The van der Waals surface area contributed by atoms with E-state index in [1.54, 1.807) is 0 Å². The molecular formula is C45H85NO10. The highest BCUT2D eigenvalue weighted by Crippen LogP contribution is 2.23. The van der Waals surface area contributed by atoms with Gasteiger partial charge in [0.2, 0.25) is 5.91 Å². The number of rotatable bonds is 37. The third kappa shape index (κ3) is 25.2. The maximum atomic E-state index is 13.0. The number of allylic oxidation sites excluding steroid dienone is 4. The monoisotopic (exact) mass is 800 g/mol. The molecule has 11 heteroatoms. The minimum Gasteiger partial charge on any atom is -0.394 e. The van der Waals surface area contributed by atoms with Crippen LogP contribution in [0, 0.1) is 0 Å². The summed E-state index contributed by atoms with van der Waals surface area (Å²) in [6, 6.07) is -1.18. The van der Waals surface area contributed by atoms with Crippen LogP contribution in [0.3, 0.4) is 0 Å². The number of amides is 1. The molecule has 1 rings (SSSR count). The highest BCUT2D eigenvalue weighted by molar-refractivity contribution is 5.80. The van der Waals surface area contributed by atoms with Crippen LogP contribution in [0.25, 0.3) is 0 Å². The van der Waals surface area contributed by atoms with Crippen molar-refractivity contribution in [1.82, 2.24) is 5.32 Å². The average molecular weight is 800 g/mol. The zero-order valence-corrected chi connectivity index (χ0v) is 35.4. The van der Waals surface area contributed by atoms with Crippen LogP contribution >= 0.6 is 0 Å². The number of hydrogen-bond donors (Lipinski definition) is 8. The Balaban J connectivity index is 2.30. The van der Waals surface area contributed by atoms with Crippen molar-refractivity contribution >= 4 is 5.91 Å². The summed E-state index contributed by atoms with van der Waals surface area (Å²) in [6.07, 6.45) is 27.2. The standard InChI is InChI=1S/C45H85NO10/c1-3-5-7-9-11-12-13-14-15-16-17-18-19-20-21-22-23-24-25-26-27-29-31-33-38(49)44(54)46-36(40(50)37(48)32-30-28-10-8-6-4-2)35-55-45-43(53)42(52)41(51)39(34-47)56-45/h8,10,20-21,36-43,45,47-53H,3-7,9,11-19,22-35H2,1-2H3,(H,46,54)/b10-8+,21-20-. The second-order valence-corrected chi connectivity index (χ2v) is 16.1. The molecule has 0 spiro atoms. The molecule has 9 atom stereocenters. The Labute approximate surface area is 340 Å². The van der Waals surface area contributed by atoms with Gasteiger partial charge < -0.3 is 50.5 Å². The molecule has 1 fully saturated rings. The number of aliphatic hydroxyl groups excluding tert-OH is 7. The summed E-state index contributed by atoms with van der Waals surface area (Å²) in [7, 11) is 0. The summed E-state index contributed by atoms with van der Waals surface area (Å²) in [5, 5.41) is 75.0. The predicted molar refractivity (Wildman–Crippen MR) is 224 cm³/mol. The smallest absolute Gasteiger partial charge is 0.249 e. The number of hydrogen-bond acceptors (Lipinski definition) is 10. The van der Waals surface area contributed by atoms with E-state index in [0.29, 0.717) is 12.8 Å². The van der Waals surface area contributed by atoms with Crippen molar-refractivity contribution in [1.29, 1.82) is 0 Å². The van der Waals surface area contributed by atoms with Crippen molar-refractivity contribution in [2.45, 2.75) is 242 Å². The van der Waals surface area contributed by atoms with Gasteiger partial charge in [0, 0.05) is 0 Å². The lowest BCUT2D eigenvalue weighted by Gasteiger charge is -2.40. The predicted octanol–water partition coefficient (Wildman–Crippen LogP) is 7.06. The zero-order chi connectivity index (χ0) is 41.2. The van der Waals surface area contributed by atoms with Gasteiger partial charge in [-0.05, 0) is 57.8 Å². The van der Waals surface area contributed by atoms with Crippen LogP contribution in [-0.2, 0) is 14.3 Å². The van der Waals surface area contributed by atoms with E-state index in [9.17, 15) is 40.5 Å². The van der Waals surface area contributed by atoms with Crippen molar-refractivity contribution in [3.05, 3.63) is 24.3 Å². The SMILES string of the molecule is CCC/C=C/CCCC(O)C(O)C(COC1OC(CO)C(O)C(O)C1O)NC(=O)C(O)CCCCCCCCC/C=C\CCCCCCCCCCCCCC. The van der Waals surface area contributed by atoms with E-state index in [-0.39, 0.29) is 12.8 Å². The first kappa shape index (κ1) is 52.6. The molecule has 1 aliphatic heterocycles. The summed E-state index contributed by atoms with van der Waals surface area (Å²) in [5.74, 6) is -0.715. The highest BCUT2D eigenvalue weighted by Gasteiger charge is 2.44. The summed E-state index contributed by atoms with van der Waals surface area (Å²) >= 11 is 0. The summed E-state index contributed by atoms with van der Waals surface area (Å²) in [4.78, 5) is 13.0. The number of aliphatic hydroxyl groups is 7. The number of unbranched alkanes of at least 4 members (excludes halogenated alkanes) is 21. The molecule has 9 unspecified atom stereocenters. The lowest BCUT2D eigenvalue weighted by molar-refractivity contribution is -0.303. The molecule has 0 aromatic rings. The molecule has 0 aliphatic carbocycles. The first-order valence-electron chi connectivity index (χ1n) is 22.7. The Morgan fingerprint density at radius 1 is 0.607 bits per heavy atom. The van der Waals surface area contributed by atoms with Gasteiger partial charge in [0.25, 0.3) is 0 Å². The van der Waals surface area contributed by atoms with Gasteiger partial charge in [0.05, 0.1) is 25.4 Å². The number of nitrogens with one attached hydrogen (secondary N) is 1. The summed E-state index contributed by atoms with van der Waals surface area (Å²) in [5.41, 5.74) is 0. The number of ether oxygens (including phenoxy) is 2. The Hall–Kier alpha value is -1.41. The van der Waals surface area contributed by atoms with Gasteiger partial charge >= 0.3 is 0 Å². The molecule has 1 heterocycles. The maximum Gasteiger partial charge on any atom is 0.249 e. The van der Waals surface area contributed by atoms with E-state index < -0.39 is 74.2 Å². The largest absolute Gasteiger partial charge is 0.394 e. The van der Waals surface area contributed by atoms with E-state index in [2.05, 4.69) is 37.4 Å². The summed E-state index contributed by atoms with van der Waals surface area (Å²) in [6.45, 7) is 3.28. The quantitative estimate of drug-likeness (QED) is 0.0239. The molecule has 56 heavy (non-hydrogen) atoms. The fourth-order valence-corrected chi connectivity index (χ4v) is 7.15. The first-order valence-corrected chi connectivity index (χ1v) is 22.7. The lowest BCUT2D eigenvalue weighted by atomic mass is 9.98. The minimum absolute atomic E-state index is 0.249. The van der Waals surface area contributed by atoms with Crippen LogP contribution < -0.4 is 5.32 Å². The average Bonchev–Trinajstić information content (AvgIpc) is 3.20. The Bertz CT molecular complexity index is 965. The normalized spacial score (nSPS) is 22.5. The fourth-order valence-electron chi connectivity index (χ4n) is 7.15. The Morgan fingerprint density at radius 2 is 1.09 bits per heavy atom. The third-order valence-electron chi connectivity index (χ3n) is 11.0. The molecule has 0 bridgehead atoms. The molecular weight excluding hydrogens is 714 g/mol. The van der Waals surface area contributed by atoms with Crippen LogP contribution in [0.2, 0.25) is 0 Å². The van der Waals surface area contributed by atoms with E-state index in [4.69, 9.17) is 9.47 Å². The Morgan fingerprint density at radius 3 is 1.61 bits per heavy atom. The van der Waals surface area contributed by atoms with Crippen LogP contribution in [-0.4, -0.2) is 110 Å². The van der Waals surface area contributed by atoms with Crippen molar-refractivity contribution in [3.8, 4) is 0 Å². The van der Waals surface area contributed by atoms with Gasteiger partial charge in [-0.1, -0.05) is 154 Å².